The largest absolute Gasteiger partial charge is 0.573 e. The molecule has 1 aromatic carbocycles. The Bertz CT molecular complexity index is 557. The lowest BCUT2D eigenvalue weighted by atomic mass is 10.2. The number of aromatic nitrogens is 2. The molecule has 0 fully saturated rings. The minimum Gasteiger partial charge on any atom is -0.481 e. The molecule has 0 aliphatic carbocycles. The second-order valence-electron chi connectivity index (χ2n) is 3.49. The molecule has 1 heterocycles. The van der Waals surface area contributed by atoms with Gasteiger partial charge < -0.3 is 9.47 Å². The molecule has 4 nitrogen and oxygen atoms in total. The monoisotopic (exact) mass is 300 g/mol. The summed E-state index contributed by atoms with van der Waals surface area (Å²) < 4.78 is 44.7. The SMILES string of the molecule is CC.COc1ccnc(-c2ccc(OC(F)(F)F)cc2)n1. The maximum Gasteiger partial charge on any atom is 0.573 e. The number of hydrogen-bond donors (Lipinski definition) is 0. The standard InChI is InChI=1S/C12H9F3N2O2.C2H6/c1-18-10-6-7-16-11(17-10)8-2-4-9(5-3-8)19-12(13,14)15;1-2/h2-7H,1H3;1-2H3. The summed E-state index contributed by atoms with van der Waals surface area (Å²) in [5, 5.41) is 0. The van der Waals surface area contributed by atoms with Crippen LogP contribution in [0, 0.1) is 0 Å². The molecule has 1 aromatic heterocycles. The molecule has 0 radical (unpaired) electrons. The van der Waals surface area contributed by atoms with Crippen LogP contribution in [0.3, 0.4) is 0 Å². The molecule has 0 saturated carbocycles. The topological polar surface area (TPSA) is 44.2 Å². The molecule has 0 aliphatic heterocycles. The van der Waals surface area contributed by atoms with Crippen LogP contribution in [0.4, 0.5) is 13.2 Å². The van der Waals surface area contributed by atoms with Gasteiger partial charge in [0.2, 0.25) is 5.88 Å². The maximum absolute atomic E-state index is 12.0. The molecule has 114 valence electrons. The van der Waals surface area contributed by atoms with E-state index in [2.05, 4.69) is 14.7 Å². The quantitative estimate of drug-likeness (QED) is 0.857. The first-order valence-electron chi connectivity index (χ1n) is 6.21. The van der Waals surface area contributed by atoms with Crippen molar-refractivity contribution in [2.24, 2.45) is 0 Å². The van der Waals surface area contributed by atoms with Gasteiger partial charge in [0.25, 0.3) is 0 Å². The molecule has 0 aliphatic rings. The average molecular weight is 300 g/mol. The molecule has 0 saturated heterocycles. The van der Waals surface area contributed by atoms with Crippen LogP contribution in [0.25, 0.3) is 11.4 Å². The van der Waals surface area contributed by atoms with Crippen LogP contribution >= 0.6 is 0 Å². The highest BCUT2D eigenvalue weighted by atomic mass is 19.4. The molecular weight excluding hydrogens is 285 g/mol. The van der Waals surface area contributed by atoms with Crippen LogP contribution in [0.2, 0.25) is 0 Å². The van der Waals surface area contributed by atoms with Crippen LogP contribution in [0.15, 0.2) is 36.5 Å². The summed E-state index contributed by atoms with van der Waals surface area (Å²) in [6.45, 7) is 4.00. The van der Waals surface area contributed by atoms with E-state index in [0.29, 0.717) is 17.3 Å². The number of nitrogens with zero attached hydrogens (tertiary/aromatic N) is 2. The second kappa shape index (κ2) is 7.47. The molecule has 2 rings (SSSR count). The first kappa shape index (κ1) is 16.7. The van der Waals surface area contributed by atoms with E-state index >= 15 is 0 Å². The summed E-state index contributed by atoms with van der Waals surface area (Å²) in [6, 6.07) is 6.85. The number of alkyl halides is 3. The summed E-state index contributed by atoms with van der Waals surface area (Å²) in [7, 11) is 1.46. The van der Waals surface area contributed by atoms with E-state index in [0.717, 1.165) is 0 Å². The zero-order valence-electron chi connectivity index (χ0n) is 11.8. The Kier molecular flexibility index (Phi) is 5.95. The van der Waals surface area contributed by atoms with Gasteiger partial charge in [0.1, 0.15) is 5.75 Å². The van der Waals surface area contributed by atoms with Gasteiger partial charge in [0, 0.05) is 17.8 Å². The molecule has 0 unspecified atom stereocenters. The van der Waals surface area contributed by atoms with Crippen molar-refractivity contribution in [3.63, 3.8) is 0 Å². The van der Waals surface area contributed by atoms with E-state index in [4.69, 9.17) is 4.74 Å². The Morgan fingerprint density at radius 3 is 2.14 bits per heavy atom. The summed E-state index contributed by atoms with van der Waals surface area (Å²) in [6.07, 6.45) is -3.20. The van der Waals surface area contributed by atoms with Crippen LogP contribution in [-0.2, 0) is 0 Å². The lowest BCUT2D eigenvalue weighted by Gasteiger charge is -2.09. The normalized spacial score (nSPS) is 10.4. The molecule has 2 aromatic rings. The van der Waals surface area contributed by atoms with E-state index in [1.54, 1.807) is 6.07 Å². The molecule has 0 bridgehead atoms. The van der Waals surface area contributed by atoms with Gasteiger partial charge in [0.15, 0.2) is 5.82 Å². The predicted octanol–water partition coefficient (Wildman–Crippen LogP) is 4.08. The van der Waals surface area contributed by atoms with Crippen LogP contribution in [0.5, 0.6) is 11.6 Å². The number of hydrogen-bond acceptors (Lipinski definition) is 4. The van der Waals surface area contributed by atoms with Gasteiger partial charge in [-0.25, -0.2) is 4.98 Å². The van der Waals surface area contributed by atoms with E-state index in [9.17, 15) is 13.2 Å². The smallest absolute Gasteiger partial charge is 0.481 e. The van der Waals surface area contributed by atoms with Crippen molar-refractivity contribution in [2.45, 2.75) is 20.2 Å². The lowest BCUT2D eigenvalue weighted by Crippen LogP contribution is -2.16. The Hall–Kier alpha value is -2.31. The summed E-state index contributed by atoms with van der Waals surface area (Å²) in [5.41, 5.74) is 0.563. The van der Waals surface area contributed by atoms with Crippen LogP contribution in [0.1, 0.15) is 13.8 Å². The van der Waals surface area contributed by atoms with Gasteiger partial charge in [-0.15, -0.1) is 13.2 Å². The Labute approximate surface area is 120 Å². The number of halogens is 3. The van der Waals surface area contributed by atoms with Crippen molar-refractivity contribution in [3.8, 4) is 23.0 Å². The van der Waals surface area contributed by atoms with Gasteiger partial charge in [0.05, 0.1) is 7.11 Å². The second-order valence-corrected chi connectivity index (χ2v) is 3.49. The first-order valence-corrected chi connectivity index (χ1v) is 6.21. The van der Waals surface area contributed by atoms with E-state index < -0.39 is 6.36 Å². The summed E-state index contributed by atoms with van der Waals surface area (Å²) >= 11 is 0. The number of benzene rings is 1. The highest BCUT2D eigenvalue weighted by Crippen LogP contribution is 2.25. The Morgan fingerprint density at radius 1 is 1.00 bits per heavy atom. The van der Waals surface area contributed by atoms with E-state index in [1.165, 1.54) is 37.6 Å². The molecular formula is C14H15F3N2O2. The Balaban J connectivity index is 0.00000106. The van der Waals surface area contributed by atoms with Crippen LogP contribution in [-0.4, -0.2) is 23.4 Å². The number of ether oxygens (including phenoxy) is 2. The van der Waals surface area contributed by atoms with Crippen LogP contribution < -0.4 is 9.47 Å². The van der Waals surface area contributed by atoms with Gasteiger partial charge in [-0.3, -0.25) is 0 Å². The van der Waals surface area contributed by atoms with Crippen molar-refractivity contribution in [3.05, 3.63) is 36.5 Å². The van der Waals surface area contributed by atoms with Crippen molar-refractivity contribution in [1.82, 2.24) is 9.97 Å². The Morgan fingerprint density at radius 2 is 1.62 bits per heavy atom. The molecule has 0 atom stereocenters. The van der Waals surface area contributed by atoms with Gasteiger partial charge in [-0.1, -0.05) is 13.8 Å². The van der Waals surface area contributed by atoms with Gasteiger partial charge in [-0.2, -0.15) is 4.98 Å². The van der Waals surface area contributed by atoms with Crippen molar-refractivity contribution < 1.29 is 22.6 Å². The fourth-order valence-electron chi connectivity index (χ4n) is 1.40. The highest BCUT2D eigenvalue weighted by molar-refractivity contribution is 5.56. The molecule has 0 N–H and O–H groups in total. The zero-order valence-corrected chi connectivity index (χ0v) is 11.8. The van der Waals surface area contributed by atoms with E-state index in [-0.39, 0.29) is 5.75 Å². The summed E-state index contributed by atoms with van der Waals surface area (Å²) in [4.78, 5) is 8.08. The number of methoxy groups -OCH3 is 1. The van der Waals surface area contributed by atoms with Crippen molar-refractivity contribution in [2.75, 3.05) is 7.11 Å². The fourth-order valence-corrected chi connectivity index (χ4v) is 1.40. The summed E-state index contributed by atoms with van der Waals surface area (Å²) in [5.74, 6) is 0.442. The first-order chi connectivity index (χ1) is 9.98. The lowest BCUT2D eigenvalue weighted by molar-refractivity contribution is -0.274. The molecule has 0 spiro atoms. The predicted molar refractivity (Wildman–Crippen MR) is 72.1 cm³/mol. The molecule has 21 heavy (non-hydrogen) atoms. The maximum atomic E-state index is 12.0. The molecule has 0 amide bonds. The number of rotatable bonds is 3. The average Bonchev–Trinajstić information content (AvgIpc) is 2.48. The minimum absolute atomic E-state index is 0.292. The highest BCUT2D eigenvalue weighted by Gasteiger charge is 2.30. The van der Waals surface area contributed by atoms with E-state index in [1.807, 2.05) is 13.8 Å². The van der Waals surface area contributed by atoms with Gasteiger partial charge in [-0.05, 0) is 24.3 Å². The minimum atomic E-state index is -4.70. The van der Waals surface area contributed by atoms with Gasteiger partial charge >= 0.3 is 6.36 Å². The molecule has 7 heteroatoms. The third-order valence-electron chi connectivity index (χ3n) is 2.19. The zero-order chi connectivity index (χ0) is 15.9. The third-order valence-corrected chi connectivity index (χ3v) is 2.19. The van der Waals surface area contributed by atoms with Crippen molar-refractivity contribution >= 4 is 0 Å². The fraction of sp³-hybridized carbons (Fsp3) is 0.286. The third kappa shape index (κ3) is 5.29. The van der Waals surface area contributed by atoms with Crippen molar-refractivity contribution in [1.29, 1.82) is 0 Å².